The van der Waals surface area contributed by atoms with E-state index < -0.39 is 0 Å². The van der Waals surface area contributed by atoms with Crippen molar-refractivity contribution in [1.82, 2.24) is 4.90 Å². The Hall–Kier alpha value is -0.790. The summed E-state index contributed by atoms with van der Waals surface area (Å²) in [4.78, 5) is 13.3. The minimum Gasteiger partial charge on any atom is -0.349 e. The van der Waals surface area contributed by atoms with Gasteiger partial charge in [-0.1, -0.05) is 19.1 Å². The highest BCUT2D eigenvalue weighted by Crippen LogP contribution is 2.25. The number of carbonyl (C=O) groups is 1. The Morgan fingerprint density at radius 2 is 1.92 bits per heavy atom. The van der Waals surface area contributed by atoms with Crippen molar-refractivity contribution in [2.24, 2.45) is 11.8 Å². The van der Waals surface area contributed by atoms with E-state index in [-0.39, 0.29) is 11.8 Å². The molecule has 12 heavy (non-hydrogen) atoms. The van der Waals surface area contributed by atoms with Crippen molar-refractivity contribution in [3.63, 3.8) is 0 Å². The molecular weight excluding hydrogens is 150 g/mol. The number of hydrogen-bond donors (Lipinski definition) is 0. The monoisotopic (exact) mass is 167 g/mol. The van der Waals surface area contributed by atoms with E-state index in [1.165, 1.54) is 0 Å². The zero-order valence-corrected chi connectivity index (χ0v) is 8.08. The first-order valence-corrected chi connectivity index (χ1v) is 4.49. The Balaban J connectivity index is 2.61. The summed E-state index contributed by atoms with van der Waals surface area (Å²) in [6, 6.07) is 0. The summed E-state index contributed by atoms with van der Waals surface area (Å²) in [6.45, 7) is 2.15. The lowest BCUT2D eigenvalue weighted by atomic mass is 9.83. The Morgan fingerprint density at radius 1 is 1.33 bits per heavy atom. The Labute approximate surface area is 74.2 Å². The third-order valence-electron chi connectivity index (χ3n) is 2.51. The number of nitrogens with zero attached hydrogens (tertiary/aromatic N) is 1. The summed E-state index contributed by atoms with van der Waals surface area (Å²) in [6.07, 6.45) is 6.25. The van der Waals surface area contributed by atoms with E-state index in [2.05, 4.69) is 19.1 Å². The lowest BCUT2D eigenvalue weighted by molar-refractivity contribution is -0.134. The lowest BCUT2D eigenvalue weighted by Crippen LogP contribution is -2.33. The molecule has 2 heteroatoms. The van der Waals surface area contributed by atoms with Gasteiger partial charge in [0.05, 0.1) is 0 Å². The summed E-state index contributed by atoms with van der Waals surface area (Å²) in [5, 5.41) is 0. The zero-order valence-electron chi connectivity index (χ0n) is 8.08. The molecule has 0 aromatic carbocycles. The van der Waals surface area contributed by atoms with E-state index in [9.17, 15) is 4.79 Å². The van der Waals surface area contributed by atoms with Gasteiger partial charge < -0.3 is 4.90 Å². The second-order valence-corrected chi connectivity index (χ2v) is 3.76. The second kappa shape index (κ2) is 3.74. The van der Waals surface area contributed by atoms with Crippen molar-refractivity contribution in [3.8, 4) is 0 Å². The highest BCUT2D eigenvalue weighted by molar-refractivity contribution is 5.78. The molecule has 0 fully saturated rings. The molecule has 2 nitrogen and oxygen atoms in total. The molecule has 1 rings (SSSR count). The van der Waals surface area contributed by atoms with Crippen molar-refractivity contribution in [1.29, 1.82) is 0 Å². The van der Waals surface area contributed by atoms with E-state index in [4.69, 9.17) is 0 Å². The van der Waals surface area contributed by atoms with E-state index in [1.807, 2.05) is 14.1 Å². The van der Waals surface area contributed by atoms with Crippen LogP contribution in [0.2, 0.25) is 0 Å². The summed E-state index contributed by atoms with van der Waals surface area (Å²) < 4.78 is 0. The molecule has 0 radical (unpaired) electrons. The van der Waals surface area contributed by atoms with Gasteiger partial charge in [-0.3, -0.25) is 4.79 Å². The average Bonchev–Trinajstić information content (AvgIpc) is 2.04. The molecule has 0 aliphatic heterocycles. The van der Waals surface area contributed by atoms with Crippen molar-refractivity contribution < 1.29 is 4.79 Å². The molecule has 0 aromatic heterocycles. The topological polar surface area (TPSA) is 20.3 Å². The third kappa shape index (κ3) is 1.87. The minimum atomic E-state index is 0.213. The molecular formula is C10H17NO. The summed E-state index contributed by atoms with van der Waals surface area (Å²) in [7, 11) is 3.65. The predicted octanol–water partition coefficient (Wildman–Crippen LogP) is 1.68. The molecule has 2 atom stereocenters. The van der Waals surface area contributed by atoms with Crippen LogP contribution in [0.25, 0.3) is 0 Å². The maximum absolute atomic E-state index is 11.6. The number of amides is 1. The SMILES string of the molecule is C[C@@H]1CC=CC[C@H]1C(=O)N(C)C. The molecule has 0 N–H and O–H groups in total. The molecule has 0 bridgehead atoms. The van der Waals surface area contributed by atoms with Crippen LogP contribution in [-0.2, 0) is 4.79 Å². The molecule has 1 aliphatic carbocycles. The molecule has 0 unspecified atom stereocenters. The van der Waals surface area contributed by atoms with Crippen LogP contribution in [0, 0.1) is 11.8 Å². The zero-order chi connectivity index (χ0) is 9.14. The van der Waals surface area contributed by atoms with Crippen molar-refractivity contribution >= 4 is 5.91 Å². The van der Waals surface area contributed by atoms with Crippen LogP contribution in [-0.4, -0.2) is 24.9 Å². The third-order valence-corrected chi connectivity index (χ3v) is 2.51. The van der Waals surface area contributed by atoms with E-state index in [0.29, 0.717) is 5.92 Å². The highest BCUT2D eigenvalue weighted by atomic mass is 16.2. The molecule has 1 aliphatic rings. The van der Waals surface area contributed by atoms with Gasteiger partial charge >= 0.3 is 0 Å². The van der Waals surface area contributed by atoms with Crippen LogP contribution in [0.4, 0.5) is 0 Å². The quantitative estimate of drug-likeness (QED) is 0.544. The standard InChI is InChI=1S/C10H17NO/c1-8-6-4-5-7-9(8)10(12)11(2)3/h4-5,8-9H,6-7H2,1-3H3/t8-,9-/m1/s1. The van der Waals surface area contributed by atoms with Gasteiger partial charge in [-0.25, -0.2) is 0 Å². The first kappa shape index (κ1) is 9.30. The Bertz CT molecular complexity index is 196. The van der Waals surface area contributed by atoms with Crippen molar-refractivity contribution in [2.45, 2.75) is 19.8 Å². The molecule has 68 valence electrons. The fraction of sp³-hybridized carbons (Fsp3) is 0.700. The first-order valence-electron chi connectivity index (χ1n) is 4.49. The van der Waals surface area contributed by atoms with Gasteiger partial charge in [0.15, 0.2) is 0 Å². The number of hydrogen-bond acceptors (Lipinski definition) is 1. The number of carbonyl (C=O) groups excluding carboxylic acids is 1. The lowest BCUT2D eigenvalue weighted by Gasteiger charge is -2.26. The maximum atomic E-state index is 11.6. The van der Waals surface area contributed by atoms with Gasteiger partial charge in [0.1, 0.15) is 0 Å². The Kier molecular flexibility index (Phi) is 2.90. The fourth-order valence-corrected chi connectivity index (χ4v) is 1.63. The molecule has 0 aromatic rings. The molecule has 1 amide bonds. The minimum absolute atomic E-state index is 0.213. The van der Waals surface area contributed by atoms with Crippen LogP contribution in [0.3, 0.4) is 0 Å². The average molecular weight is 167 g/mol. The van der Waals surface area contributed by atoms with Gasteiger partial charge in [-0.2, -0.15) is 0 Å². The fourth-order valence-electron chi connectivity index (χ4n) is 1.63. The normalized spacial score (nSPS) is 28.6. The molecule has 0 spiro atoms. The van der Waals surface area contributed by atoms with Gasteiger partial charge in [-0.05, 0) is 18.8 Å². The van der Waals surface area contributed by atoms with Crippen LogP contribution < -0.4 is 0 Å². The van der Waals surface area contributed by atoms with Crippen molar-refractivity contribution in [2.75, 3.05) is 14.1 Å². The summed E-state index contributed by atoms with van der Waals surface area (Å²) >= 11 is 0. The second-order valence-electron chi connectivity index (χ2n) is 3.76. The molecule has 0 saturated heterocycles. The van der Waals surface area contributed by atoms with Gasteiger partial charge in [-0.15, -0.1) is 0 Å². The van der Waals surface area contributed by atoms with E-state index in [0.717, 1.165) is 12.8 Å². The van der Waals surface area contributed by atoms with Gasteiger partial charge in [0, 0.05) is 20.0 Å². The van der Waals surface area contributed by atoms with Crippen molar-refractivity contribution in [3.05, 3.63) is 12.2 Å². The maximum Gasteiger partial charge on any atom is 0.225 e. The smallest absolute Gasteiger partial charge is 0.225 e. The van der Waals surface area contributed by atoms with Crippen LogP contribution in [0.15, 0.2) is 12.2 Å². The van der Waals surface area contributed by atoms with Crippen LogP contribution in [0.1, 0.15) is 19.8 Å². The summed E-state index contributed by atoms with van der Waals surface area (Å²) in [5.41, 5.74) is 0. The van der Waals surface area contributed by atoms with Crippen LogP contribution in [0.5, 0.6) is 0 Å². The van der Waals surface area contributed by atoms with E-state index >= 15 is 0 Å². The molecule has 0 saturated carbocycles. The number of rotatable bonds is 1. The summed E-state index contributed by atoms with van der Waals surface area (Å²) in [5.74, 6) is 0.988. The predicted molar refractivity (Wildman–Crippen MR) is 49.7 cm³/mol. The molecule has 0 heterocycles. The first-order chi connectivity index (χ1) is 5.63. The van der Waals surface area contributed by atoms with Gasteiger partial charge in [0.2, 0.25) is 5.91 Å². The highest BCUT2D eigenvalue weighted by Gasteiger charge is 2.26. The van der Waals surface area contributed by atoms with Gasteiger partial charge in [0.25, 0.3) is 0 Å². The van der Waals surface area contributed by atoms with Crippen LogP contribution >= 0.6 is 0 Å². The largest absolute Gasteiger partial charge is 0.349 e. The number of allylic oxidation sites excluding steroid dienone is 2. The Morgan fingerprint density at radius 3 is 2.42 bits per heavy atom. The van der Waals surface area contributed by atoms with E-state index in [1.54, 1.807) is 4.90 Å².